The fraction of sp³-hybridized carbons (Fsp3) is 0. The van der Waals surface area contributed by atoms with Crippen molar-refractivity contribution in [2.45, 2.75) is 0 Å². The Morgan fingerprint density at radius 3 is 2.76 bits per heavy atom. The average molecular weight is 231 g/mol. The largest absolute Gasteiger partial charge is 0.476 e. The Kier molecular flexibility index (Phi) is 2.58. The molecule has 84 valence electrons. The number of hydrogen-bond acceptors (Lipinski definition) is 3. The quantitative estimate of drug-likeness (QED) is 0.850. The molecule has 2 rings (SSSR count). The van der Waals surface area contributed by atoms with E-state index in [4.69, 9.17) is 10.4 Å². The van der Waals surface area contributed by atoms with E-state index in [0.29, 0.717) is 5.69 Å². The molecule has 0 atom stereocenters. The molecule has 0 aliphatic carbocycles. The summed E-state index contributed by atoms with van der Waals surface area (Å²) in [6, 6.07) is 6.92. The fourth-order valence-electron chi connectivity index (χ4n) is 1.32. The van der Waals surface area contributed by atoms with Crippen molar-refractivity contribution in [1.82, 2.24) is 9.78 Å². The van der Waals surface area contributed by atoms with E-state index in [-0.39, 0.29) is 11.3 Å². The van der Waals surface area contributed by atoms with Gasteiger partial charge in [0.05, 0.1) is 11.3 Å². The highest BCUT2D eigenvalue weighted by molar-refractivity contribution is 5.85. The van der Waals surface area contributed by atoms with Gasteiger partial charge >= 0.3 is 5.97 Å². The number of carboxylic acid groups (broad SMARTS) is 1. The van der Waals surface area contributed by atoms with Crippen LogP contribution >= 0.6 is 0 Å². The van der Waals surface area contributed by atoms with Gasteiger partial charge in [-0.15, -0.1) is 0 Å². The Bertz CT molecular complexity index is 628. The van der Waals surface area contributed by atoms with Crippen LogP contribution in [0.1, 0.15) is 16.1 Å². The van der Waals surface area contributed by atoms with Crippen LogP contribution < -0.4 is 0 Å². The summed E-state index contributed by atoms with van der Waals surface area (Å²) in [7, 11) is 0. The standard InChI is InChI=1S/C11H6FN3O2/c12-9-5-8(2-1-7(9)6-13)15-4-3-10(14-15)11(16)17/h1-5H,(H,16,17). The molecule has 0 aliphatic heterocycles. The number of hydrogen-bond donors (Lipinski definition) is 1. The molecular formula is C11H6FN3O2. The number of aromatic carboxylic acids is 1. The Morgan fingerprint density at radius 2 is 2.24 bits per heavy atom. The number of carboxylic acids is 1. The summed E-state index contributed by atoms with van der Waals surface area (Å²) in [6.45, 7) is 0. The van der Waals surface area contributed by atoms with Gasteiger partial charge < -0.3 is 5.11 Å². The van der Waals surface area contributed by atoms with Gasteiger partial charge in [0.2, 0.25) is 0 Å². The first kappa shape index (κ1) is 10.8. The van der Waals surface area contributed by atoms with E-state index in [9.17, 15) is 9.18 Å². The topological polar surface area (TPSA) is 78.9 Å². The van der Waals surface area contributed by atoms with E-state index < -0.39 is 11.8 Å². The Morgan fingerprint density at radius 1 is 1.47 bits per heavy atom. The lowest BCUT2D eigenvalue weighted by Crippen LogP contribution is -2.01. The van der Waals surface area contributed by atoms with Gasteiger partial charge in [0, 0.05) is 12.3 Å². The molecule has 0 radical (unpaired) electrons. The number of carbonyl (C=O) groups is 1. The number of rotatable bonds is 2. The van der Waals surface area contributed by atoms with Crippen molar-refractivity contribution in [3.63, 3.8) is 0 Å². The molecule has 1 aromatic carbocycles. The Balaban J connectivity index is 2.43. The molecule has 2 aromatic rings. The van der Waals surface area contributed by atoms with Crippen LogP contribution in [0.15, 0.2) is 30.5 Å². The minimum Gasteiger partial charge on any atom is -0.476 e. The first-order valence-corrected chi connectivity index (χ1v) is 4.61. The third-order valence-electron chi connectivity index (χ3n) is 2.15. The van der Waals surface area contributed by atoms with Crippen LogP contribution in [0.4, 0.5) is 4.39 Å². The molecule has 0 bridgehead atoms. The molecule has 5 nitrogen and oxygen atoms in total. The highest BCUT2D eigenvalue weighted by Gasteiger charge is 2.09. The number of aromatic nitrogens is 2. The fourth-order valence-corrected chi connectivity index (χ4v) is 1.32. The molecule has 0 saturated carbocycles. The smallest absolute Gasteiger partial charge is 0.356 e. The van der Waals surface area contributed by atoms with Gasteiger partial charge in [-0.3, -0.25) is 0 Å². The van der Waals surface area contributed by atoms with Crippen LogP contribution in [0.25, 0.3) is 5.69 Å². The molecule has 1 N–H and O–H groups in total. The van der Waals surface area contributed by atoms with Crippen molar-refractivity contribution in [2.75, 3.05) is 0 Å². The number of benzene rings is 1. The Labute approximate surface area is 95.3 Å². The van der Waals surface area contributed by atoms with Crippen molar-refractivity contribution in [3.05, 3.63) is 47.5 Å². The number of halogens is 1. The third-order valence-corrected chi connectivity index (χ3v) is 2.15. The van der Waals surface area contributed by atoms with Crippen molar-refractivity contribution in [3.8, 4) is 11.8 Å². The maximum atomic E-state index is 13.3. The average Bonchev–Trinajstić information content (AvgIpc) is 2.78. The van der Waals surface area contributed by atoms with Gasteiger partial charge in [0.15, 0.2) is 5.69 Å². The van der Waals surface area contributed by atoms with Crippen molar-refractivity contribution >= 4 is 5.97 Å². The van der Waals surface area contributed by atoms with Gasteiger partial charge in [-0.1, -0.05) is 0 Å². The lowest BCUT2D eigenvalue weighted by Gasteiger charge is -2.01. The summed E-state index contributed by atoms with van der Waals surface area (Å²) in [5, 5.41) is 21.0. The molecule has 0 aliphatic rings. The molecule has 0 amide bonds. The molecule has 1 aromatic heterocycles. The van der Waals surface area contributed by atoms with Crippen LogP contribution in [-0.4, -0.2) is 20.9 Å². The zero-order valence-corrected chi connectivity index (χ0v) is 8.46. The summed E-state index contributed by atoms with van der Waals surface area (Å²) >= 11 is 0. The lowest BCUT2D eigenvalue weighted by molar-refractivity contribution is 0.0690. The maximum Gasteiger partial charge on any atom is 0.356 e. The highest BCUT2D eigenvalue weighted by Crippen LogP contribution is 2.13. The van der Waals surface area contributed by atoms with Crippen molar-refractivity contribution < 1.29 is 14.3 Å². The summed E-state index contributed by atoms with van der Waals surface area (Å²) in [5.41, 5.74) is 0.156. The summed E-state index contributed by atoms with van der Waals surface area (Å²) in [5.74, 6) is -1.82. The van der Waals surface area contributed by atoms with E-state index in [0.717, 1.165) is 6.07 Å². The van der Waals surface area contributed by atoms with E-state index in [1.807, 2.05) is 0 Å². The molecule has 0 spiro atoms. The van der Waals surface area contributed by atoms with Crippen LogP contribution in [0.2, 0.25) is 0 Å². The normalized spacial score (nSPS) is 9.88. The molecule has 6 heteroatoms. The summed E-state index contributed by atoms with van der Waals surface area (Å²) in [6.07, 6.45) is 1.41. The van der Waals surface area contributed by atoms with Crippen LogP contribution in [0, 0.1) is 17.1 Å². The molecule has 1 heterocycles. The minimum absolute atomic E-state index is 0.0700. The second-order valence-electron chi connectivity index (χ2n) is 3.23. The first-order chi connectivity index (χ1) is 8.11. The van der Waals surface area contributed by atoms with Gasteiger partial charge in [-0.25, -0.2) is 13.9 Å². The molecular weight excluding hydrogens is 225 g/mol. The van der Waals surface area contributed by atoms with E-state index in [1.54, 1.807) is 6.07 Å². The third kappa shape index (κ3) is 1.99. The lowest BCUT2D eigenvalue weighted by atomic mass is 10.2. The zero-order valence-electron chi connectivity index (χ0n) is 8.46. The predicted molar refractivity (Wildman–Crippen MR) is 55.2 cm³/mol. The van der Waals surface area contributed by atoms with Crippen molar-refractivity contribution in [2.24, 2.45) is 0 Å². The number of nitriles is 1. The van der Waals surface area contributed by atoms with Crippen LogP contribution in [0.3, 0.4) is 0 Å². The monoisotopic (exact) mass is 231 g/mol. The van der Waals surface area contributed by atoms with Gasteiger partial charge in [-0.05, 0) is 18.2 Å². The summed E-state index contributed by atoms with van der Waals surface area (Å²) < 4.78 is 14.6. The molecule has 17 heavy (non-hydrogen) atoms. The predicted octanol–water partition coefficient (Wildman–Crippen LogP) is 1.58. The maximum absolute atomic E-state index is 13.3. The van der Waals surface area contributed by atoms with Gasteiger partial charge in [0.25, 0.3) is 0 Å². The minimum atomic E-state index is -1.15. The van der Waals surface area contributed by atoms with Crippen molar-refractivity contribution in [1.29, 1.82) is 5.26 Å². The van der Waals surface area contributed by atoms with Crippen LogP contribution in [-0.2, 0) is 0 Å². The molecule has 0 fully saturated rings. The molecule has 0 saturated heterocycles. The second-order valence-corrected chi connectivity index (χ2v) is 3.23. The second kappa shape index (κ2) is 4.06. The zero-order chi connectivity index (χ0) is 12.4. The first-order valence-electron chi connectivity index (χ1n) is 4.61. The summed E-state index contributed by atoms with van der Waals surface area (Å²) in [4.78, 5) is 10.6. The molecule has 0 unspecified atom stereocenters. The highest BCUT2D eigenvalue weighted by atomic mass is 19.1. The van der Waals surface area contributed by atoms with E-state index in [1.165, 1.54) is 29.1 Å². The van der Waals surface area contributed by atoms with E-state index in [2.05, 4.69) is 5.10 Å². The Hall–Kier alpha value is -2.68. The SMILES string of the molecule is N#Cc1ccc(-n2ccc(C(=O)O)n2)cc1F. The van der Waals surface area contributed by atoms with Gasteiger partial charge in [0.1, 0.15) is 11.9 Å². The van der Waals surface area contributed by atoms with Crippen LogP contribution in [0.5, 0.6) is 0 Å². The van der Waals surface area contributed by atoms with Gasteiger partial charge in [-0.2, -0.15) is 10.4 Å². The van der Waals surface area contributed by atoms with E-state index >= 15 is 0 Å². The number of nitrogens with zero attached hydrogens (tertiary/aromatic N) is 3.